The second-order valence-electron chi connectivity index (χ2n) is 7.15. The number of nitrogens with zero attached hydrogens (tertiary/aromatic N) is 2. The van der Waals surface area contributed by atoms with Crippen molar-refractivity contribution < 1.29 is 9.47 Å². The van der Waals surface area contributed by atoms with Gasteiger partial charge in [0, 0.05) is 39.4 Å². The monoisotopic (exact) mass is 453 g/mol. The number of aliphatic imine (C=N–C) groups is 1. The molecule has 0 aromatic carbocycles. The first-order valence-corrected chi connectivity index (χ1v) is 9.41. The molecule has 24 heavy (non-hydrogen) atoms. The number of halogens is 1. The Morgan fingerprint density at radius 2 is 2.04 bits per heavy atom. The molecule has 0 spiro atoms. The first-order chi connectivity index (χ1) is 11.2. The molecule has 2 aliphatic rings. The van der Waals surface area contributed by atoms with Crippen molar-refractivity contribution in [1.82, 2.24) is 10.2 Å². The topological polar surface area (TPSA) is 46.1 Å². The summed E-state index contributed by atoms with van der Waals surface area (Å²) in [7, 11) is 0. The van der Waals surface area contributed by atoms with Gasteiger partial charge in [0.1, 0.15) is 0 Å². The third-order valence-electron chi connectivity index (χ3n) is 4.54. The Labute approximate surface area is 165 Å². The molecule has 2 heterocycles. The highest BCUT2D eigenvalue weighted by molar-refractivity contribution is 14.0. The lowest BCUT2D eigenvalue weighted by atomic mass is 9.92. The highest BCUT2D eigenvalue weighted by Gasteiger charge is 2.23. The Morgan fingerprint density at radius 1 is 1.29 bits per heavy atom. The molecular formula is C18H36IN3O2. The Balaban J connectivity index is 0.00000288. The molecule has 0 bridgehead atoms. The maximum absolute atomic E-state index is 5.71. The van der Waals surface area contributed by atoms with Gasteiger partial charge in [0.25, 0.3) is 0 Å². The van der Waals surface area contributed by atoms with Crippen LogP contribution in [0.4, 0.5) is 0 Å². The second kappa shape index (κ2) is 12.3. The molecule has 1 N–H and O–H groups in total. The molecule has 2 saturated heterocycles. The molecule has 5 nitrogen and oxygen atoms in total. The first-order valence-electron chi connectivity index (χ1n) is 9.41. The van der Waals surface area contributed by atoms with Crippen molar-refractivity contribution in [3.8, 4) is 0 Å². The number of hydrogen-bond donors (Lipinski definition) is 1. The van der Waals surface area contributed by atoms with Gasteiger partial charge in [-0.3, -0.25) is 4.99 Å². The summed E-state index contributed by atoms with van der Waals surface area (Å²) in [5, 5.41) is 3.44. The molecule has 2 rings (SSSR count). The lowest BCUT2D eigenvalue weighted by Gasteiger charge is -2.37. The van der Waals surface area contributed by atoms with Crippen LogP contribution in [-0.2, 0) is 9.47 Å². The zero-order valence-corrected chi connectivity index (χ0v) is 18.0. The fourth-order valence-corrected chi connectivity index (χ4v) is 3.60. The van der Waals surface area contributed by atoms with Gasteiger partial charge in [-0.2, -0.15) is 0 Å². The quantitative estimate of drug-likeness (QED) is 0.279. The van der Waals surface area contributed by atoms with Crippen LogP contribution in [0, 0.1) is 11.8 Å². The zero-order chi connectivity index (χ0) is 16.5. The molecule has 3 atom stereocenters. The molecule has 142 valence electrons. The van der Waals surface area contributed by atoms with Crippen molar-refractivity contribution in [2.45, 2.75) is 52.6 Å². The van der Waals surface area contributed by atoms with Crippen LogP contribution < -0.4 is 5.32 Å². The number of rotatable bonds is 7. The van der Waals surface area contributed by atoms with Crippen molar-refractivity contribution in [2.75, 3.05) is 46.0 Å². The average molecular weight is 453 g/mol. The second-order valence-corrected chi connectivity index (χ2v) is 7.15. The predicted octanol–water partition coefficient (Wildman–Crippen LogP) is 3.13. The summed E-state index contributed by atoms with van der Waals surface area (Å²) in [6.07, 6.45) is 4.95. The van der Waals surface area contributed by atoms with Gasteiger partial charge in [0.2, 0.25) is 0 Å². The van der Waals surface area contributed by atoms with Gasteiger partial charge in [-0.05, 0) is 44.4 Å². The van der Waals surface area contributed by atoms with E-state index in [1.165, 1.54) is 12.8 Å². The molecule has 0 radical (unpaired) electrons. The molecule has 2 fully saturated rings. The van der Waals surface area contributed by atoms with E-state index in [9.17, 15) is 0 Å². The van der Waals surface area contributed by atoms with Crippen LogP contribution in [0.15, 0.2) is 4.99 Å². The van der Waals surface area contributed by atoms with Gasteiger partial charge >= 0.3 is 0 Å². The fraction of sp³-hybridized carbons (Fsp3) is 0.944. The van der Waals surface area contributed by atoms with Crippen LogP contribution in [0.25, 0.3) is 0 Å². The van der Waals surface area contributed by atoms with E-state index >= 15 is 0 Å². The van der Waals surface area contributed by atoms with E-state index in [1.54, 1.807) is 0 Å². The van der Waals surface area contributed by atoms with Crippen molar-refractivity contribution >= 4 is 29.9 Å². The normalized spacial score (nSPS) is 27.9. The van der Waals surface area contributed by atoms with E-state index in [0.717, 1.165) is 76.6 Å². The molecule has 2 aliphatic heterocycles. The van der Waals surface area contributed by atoms with Crippen LogP contribution >= 0.6 is 24.0 Å². The van der Waals surface area contributed by atoms with Crippen LogP contribution in [0.5, 0.6) is 0 Å². The summed E-state index contributed by atoms with van der Waals surface area (Å²) in [5.41, 5.74) is 0. The number of guanidine groups is 1. The maximum Gasteiger partial charge on any atom is 0.193 e. The summed E-state index contributed by atoms with van der Waals surface area (Å²) in [5.74, 6) is 2.57. The number of piperidine rings is 1. The lowest BCUT2D eigenvalue weighted by molar-refractivity contribution is 0.0170. The smallest absolute Gasteiger partial charge is 0.193 e. The third-order valence-corrected chi connectivity index (χ3v) is 4.54. The van der Waals surface area contributed by atoms with Gasteiger partial charge in [-0.1, -0.05) is 13.8 Å². The maximum atomic E-state index is 5.71. The van der Waals surface area contributed by atoms with E-state index in [4.69, 9.17) is 14.5 Å². The minimum absolute atomic E-state index is 0. The summed E-state index contributed by atoms with van der Waals surface area (Å²) in [4.78, 5) is 7.22. The summed E-state index contributed by atoms with van der Waals surface area (Å²) >= 11 is 0. The molecule has 0 amide bonds. The highest BCUT2D eigenvalue weighted by Crippen LogP contribution is 2.20. The Hall–Kier alpha value is -0.0800. The molecule has 3 unspecified atom stereocenters. The van der Waals surface area contributed by atoms with E-state index < -0.39 is 0 Å². The predicted molar refractivity (Wildman–Crippen MR) is 110 cm³/mol. The van der Waals surface area contributed by atoms with Gasteiger partial charge in [-0.25, -0.2) is 0 Å². The largest absolute Gasteiger partial charge is 0.379 e. The number of nitrogens with one attached hydrogen (secondary N) is 1. The fourth-order valence-electron chi connectivity index (χ4n) is 3.60. The molecule has 0 saturated carbocycles. The van der Waals surface area contributed by atoms with Crippen molar-refractivity contribution in [2.24, 2.45) is 16.8 Å². The summed E-state index contributed by atoms with van der Waals surface area (Å²) in [6.45, 7) is 13.2. The van der Waals surface area contributed by atoms with Gasteiger partial charge in [-0.15, -0.1) is 24.0 Å². The van der Waals surface area contributed by atoms with Crippen LogP contribution in [0.1, 0.15) is 46.5 Å². The Morgan fingerprint density at radius 3 is 2.67 bits per heavy atom. The first kappa shape index (κ1) is 22.0. The zero-order valence-electron chi connectivity index (χ0n) is 15.6. The van der Waals surface area contributed by atoms with Crippen LogP contribution in [0.2, 0.25) is 0 Å². The molecule has 0 aromatic heterocycles. The standard InChI is InChI=1S/C18H35N3O2.HI/c1-4-19-18(21-12-15(2)11-16(3)13-21)20-8-6-9-22-14-17-7-5-10-23-17;/h15-17H,4-14H2,1-3H3,(H,19,20);1H. The summed E-state index contributed by atoms with van der Waals surface area (Å²) in [6, 6.07) is 0. The summed E-state index contributed by atoms with van der Waals surface area (Å²) < 4.78 is 11.3. The molecule has 0 aromatic rings. The molecule has 0 aliphatic carbocycles. The molecular weight excluding hydrogens is 417 g/mol. The van der Waals surface area contributed by atoms with E-state index in [0.29, 0.717) is 6.10 Å². The van der Waals surface area contributed by atoms with Crippen molar-refractivity contribution in [1.29, 1.82) is 0 Å². The van der Waals surface area contributed by atoms with Gasteiger partial charge < -0.3 is 19.7 Å². The van der Waals surface area contributed by atoms with Crippen molar-refractivity contribution in [3.05, 3.63) is 0 Å². The number of hydrogen-bond acceptors (Lipinski definition) is 3. The van der Waals surface area contributed by atoms with E-state index in [1.807, 2.05) is 0 Å². The SMILES string of the molecule is CCNC(=NCCCOCC1CCCO1)N1CC(C)CC(C)C1.I. The lowest BCUT2D eigenvalue weighted by Crippen LogP contribution is -2.48. The van der Waals surface area contributed by atoms with Crippen LogP contribution in [-0.4, -0.2) is 63.0 Å². The average Bonchev–Trinajstić information content (AvgIpc) is 3.02. The highest BCUT2D eigenvalue weighted by atomic mass is 127. The van der Waals surface area contributed by atoms with Gasteiger partial charge in [0.05, 0.1) is 12.7 Å². The number of likely N-dealkylation sites (tertiary alicyclic amines) is 1. The molecule has 6 heteroatoms. The van der Waals surface area contributed by atoms with Crippen molar-refractivity contribution in [3.63, 3.8) is 0 Å². The Kier molecular flexibility index (Phi) is 11.3. The Bertz CT molecular complexity index is 352. The van der Waals surface area contributed by atoms with E-state index in [2.05, 4.69) is 31.0 Å². The van der Waals surface area contributed by atoms with Gasteiger partial charge in [0.15, 0.2) is 5.96 Å². The third kappa shape index (κ3) is 7.87. The minimum Gasteiger partial charge on any atom is -0.379 e. The number of ether oxygens (including phenoxy) is 2. The minimum atomic E-state index is 0. The van der Waals surface area contributed by atoms with E-state index in [-0.39, 0.29) is 24.0 Å². The van der Waals surface area contributed by atoms with Crippen LogP contribution in [0.3, 0.4) is 0 Å².